The molecule has 2 amide bonds. The fraction of sp³-hybridized carbons (Fsp3) is 0.324. The van der Waals surface area contributed by atoms with Gasteiger partial charge >= 0.3 is 0 Å². The number of fused-ring (bicyclic) bond motifs is 1. The number of carbonyl (C=O) groups is 2. The zero-order valence-electron chi connectivity index (χ0n) is 25.8. The molecule has 0 radical (unpaired) electrons. The zero-order chi connectivity index (χ0) is 32.0. The van der Waals surface area contributed by atoms with Gasteiger partial charge in [-0.25, -0.2) is 5.48 Å². The highest BCUT2D eigenvalue weighted by molar-refractivity contribution is 7.85. The molecule has 1 aromatic heterocycles. The molecule has 0 bridgehead atoms. The van der Waals surface area contributed by atoms with Crippen molar-refractivity contribution in [2.45, 2.75) is 52.5 Å². The van der Waals surface area contributed by atoms with E-state index in [1.165, 1.54) is 5.56 Å². The van der Waals surface area contributed by atoms with E-state index in [-0.39, 0.29) is 11.5 Å². The van der Waals surface area contributed by atoms with E-state index in [1.807, 2.05) is 60.0 Å². The van der Waals surface area contributed by atoms with Crippen LogP contribution >= 0.6 is 0 Å². The highest BCUT2D eigenvalue weighted by atomic mass is 32.2. The zero-order valence-corrected chi connectivity index (χ0v) is 26.6. The Bertz CT molecular complexity index is 1800. The van der Waals surface area contributed by atoms with Gasteiger partial charge in [-0.2, -0.15) is 13.5 Å². The van der Waals surface area contributed by atoms with Crippen molar-refractivity contribution in [3.05, 3.63) is 101 Å². The van der Waals surface area contributed by atoms with E-state index in [0.717, 1.165) is 64.8 Å². The van der Waals surface area contributed by atoms with Crippen molar-refractivity contribution in [1.82, 2.24) is 15.3 Å². The second-order valence-corrected chi connectivity index (χ2v) is 12.9. The molecule has 0 aliphatic carbocycles. The molecule has 2 heterocycles. The number of anilines is 1. The minimum atomic E-state index is -3.82. The van der Waals surface area contributed by atoms with Crippen molar-refractivity contribution < 1.29 is 27.0 Å². The van der Waals surface area contributed by atoms with E-state index in [9.17, 15) is 18.0 Å². The lowest BCUT2D eigenvalue weighted by Gasteiger charge is -2.24. The average Bonchev–Trinajstić information content (AvgIpc) is 3.36. The normalized spacial score (nSPS) is 13.2. The van der Waals surface area contributed by atoms with Crippen molar-refractivity contribution in [3.63, 3.8) is 0 Å². The number of amides is 2. The number of benzene rings is 3. The summed E-state index contributed by atoms with van der Waals surface area (Å²) in [6.45, 7) is 5.68. The number of hydrogen-bond donors (Lipinski definition) is 1. The molecule has 1 aliphatic heterocycles. The number of ether oxygens (including phenoxy) is 1. The summed E-state index contributed by atoms with van der Waals surface area (Å²) in [4.78, 5) is 27.7. The highest BCUT2D eigenvalue weighted by Crippen LogP contribution is 2.35. The van der Waals surface area contributed by atoms with Crippen LogP contribution in [0.1, 0.15) is 58.3 Å². The van der Waals surface area contributed by atoms with Gasteiger partial charge in [-0.15, -0.1) is 4.28 Å². The Morgan fingerprint density at radius 2 is 1.82 bits per heavy atom. The summed E-state index contributed by atoms with van der Waals surface area (Å²) < 4.78 is 34.6. The third-order valence-electron chi connectivity index (χ3n) is 7.91. The number of nitrogens with one attached hydrogen (secondary N) is 1. The molecule has 5 rings (SSSR count). The maximum Gasteiger partial charge on any atom is 0.285 e. The largest absolute Gasteiger partial charge is 0.493 e. The Labute approximate surface area is 264 Å². The maximum absolute atomic E-state index is 13.5. The molecular formula is C34H38N4O6S. The van der Waals surface area contributed by atoms with Crippen molar-refractivity contribution in [2.24, 2.45) is 0 Å². The van der Waals surface area contributed by atoms with Crippen LogP contribution in [-0.2, 0) is 32.2 Å². The molecule has 11 heteroatoms. The van der Waals surface area contributed by atoms with Gasteiger partial charge in [0, 0.05) is 36.0 Å². The third kappa shape index (κ3) is 8.17. The van der Waals surface area contributed by atoms with Crippen molar-refractivity contribution >= 4 is 27.6 Å². The lowest BCUT2D eigenvalue weighted by molar-refractivity contribution is -0.118. The molecule has 1 N–H and O–H groups in total. The quantitative estimate of drug-likeness (QED) is 0.175. The Morgan fingerprint density at radius 3 is 2.64 bits per heavy atom. The third-order valence-corrected chi connectivity index (χ3v) is 8.30. The van der Waals surface area contributed by atoms with Crippen LogP contribution in [0.15, 0.2) is 73.1 Å². The van der Waals surface area contributed by atoms with E-state index >= 15 is 0 Å². The van der Waals surface area contributed by atoms with Gasteiger partial charge in [-0.05, 0) is 91.6 Å². The Kier molecular flexibility index (Phi) is 9.99. The fourth-order valence-electron chi connectivity index (χ4n) is 5.49. The van der Waals surface area contributed by atoms with Gasteiger partial charge in [-0.1, -0.05) is 36.4 Å². The lowest BCUT2D eigenvalue weighted by atomic mass is 9.97. The second kappa shape index (κ2) is 14.1. The van der Waals surface area contributed by atoms with Crippen molar-refractivity contribution in [2.75, 3.05) is 24.3 Å². The first-order valence-electron chi connectivity index (χ1n) is 15.0. The van der Waals surface area contributed by atoms with Crippen LogP contribution in [0.5, 0.6) is 5.75 Å². The smallest absolute Gasteiger partial charge is 0.285 e. The molecule has 0 unspecified atom stereocenters. The number of hydrogen-bond acceptors (Lipinski definition) is 7. The molecule has 236 valence electrons. The van der Waals surface area contributed by atoms with Gasteiger partial charge in [0.15, 0.2) is 0 Å². The average molecular weight is 631 g/mol. The number of rotatable bonds is 11. The number of nitrogens with zero attached hydrogens (tertiary/aromatic N) is 3. The van der Waals surface area contributed by atoms with Crippen LogP contribution < -0.4 is 15.1 Å². The summed E-state index contributed by atoms with van der Waals surface area (Å²) in [6, 6.07) is 18.9. The Morgan fingerprint density at radius 1 is 1.02 bits per heavy atom. The molecule has 0 fully saturated rings. The highest BCUT2D eigenvalue weighted by Gasteiger charge is 2.23. The lowest BCUT2D eigenvalue weighted by Crippen LogP contribution is -2.31. The molecular weight excluding hydrogens is 592 g/mol. The predicted molar refractivity (Wildman–Crippen MR) is 173 cm³/mol. The maximum atomic E-state index is 13.5. The summed E-state index contributed by atoms with van der Waals surface area (Å²) in [5.41, 5.74) is 9.40. The summed E-state index contributed by atoms with van der Waals surface area (Å²) >= 11 is 0. The number of carbonyl (C=O) groups excluding carboxylic acids is 2. The van der Waals surface area contributed by atoms with E-state index in [1.54, 1.807) is 22.9 Å². The summed E-state index contributed by atoms with van der Waals surface area (Å²) in [6.07, 6.45) is 8.44. The minimum absolute atomic E-state index is 0.0985. The molecule has 10 nitrogen and oxygen atoms in total. The predicted octanol–water partition coefficient (Wildman–Crippen LogP) is 5.36. The van der Waals surface area contributed by atoms with E-state index < -0.39 is 16.0 Å². The second-order valence-electron chi connectivity index (χ2n) is 11.3. The molecule has 45 heavy (non-hydrogen) atoms. The van der Waals surface area contributed by atoms with Gasteiger partial charge in [-0.3, -0.25) is 14.3 Å². The Hall–Kier alpha value is -4.48. The first-order valence-corrected chi connectivity index (χ1v) is 16.8. The van der Waals surface area contributed by atoms with Crippen LogP contribution in [0.4, 0.5) is 5.69 Å². The number of aromatic nitrogens is 2. The minimum Gasteiger partial charge on any atom is -0.493 e. The standard InChI is InChI=1S/C34H38N4O6S/c1-24-10-6-16-32(25(24)2)43-19-9-17-33(39)38-18-5-4-13-30-29(14-8-15-31(30)38)28-21-35-37(23-28)22-26-11-7-12-27(20-26)34(40)36-44-45(3,41)42/h6-8,10-12,14-16,20-21,23H,4-5,9,13,17-19,22H2,1-3H3,(H,36,40). The van der Waals surface area contributed by atoms with Crippen LogP contribution in [0.25, 0.3) is 11.1 Å². The summed E-state index contributed by atoms with van der Waals surface area (Å²) in [5, 5.41) is 4.56. The van der Waals surface area contributed by atoms with Crippen LogP contribution in [0, 0.1) is 13.8 Å². The first-order chi connectivity index (χ1) is 21.6. The first kappa shape index (κ1) is 31.9. The molecule has 0 saturated heterocycles. The topological polar surface area (TPSA) is 120 Å². The van der Waals surface area contributed by atoms with Gasteiger partial charge in [0.2, 0.25) is 5.91 Å². The number of aryl methyl sites for hydroxylation is 1. The van der Waals surface area contributed by atoms with Gasteiger partial charge < -0.3 is 9.64 Å². The summed E-state index contributed by atoms with van der Waals surface area (Å²) in [7, 11) is -3.82. The SMILES string of the molecule is Cc1cccc(OCCCC(=O)N2CCCCc3c(-c4cnn(Cc5cccc(C(=O)NOS(C)(=O)=O)c5)c4)cccc32)c1C. The van der Waals surface area contributed by atoms with E-state index in [4.69, 9.17) is 4.74 Å². The van der Waals surface area contributed by atoms with Gasteiger partial charge in [0.25, 0.3) is 16.0 Å². The molecule has 0 saturated carbocycles. The van der Waals surface area contributed by atoms with Crippen molar-refractivity contribution in [3.8, 4) is 16.9 Å². The van der Waals surface area contributed by atoms with Crippen LogP contribution in [0.3, 0.4) is 0 Å². The molecule has 0 spiro atoms. The fourth-order valence-corrected chi connectivity index (χ4v) is 5.72. The van der Waals surface area contributed by atoms with Crippen LogP contribution in [-0.4, -0.2) is 49.4 Å². The monoisotopic (exact) mass is 630 g/mol. The molecule has 0 atom stereocenters. The Balaban J connectivity index is 1.26. The summed E-state index contributed by atoms with van der Waals surface area (Å²) in [5.74, 6) is 0.301. The molecule has 4 aromatic rings. The van der Waals surface area contributed by atoms with E-state index in [2.05, 4.69) is 28.4 Å². The molecule has 1 aliphatic rings. The molecule has 3 aromatic carbocycles. The number of hydroxylamine groups is 1. The van der Waals surface area contributed by atoms with Gasteiger partial charge in [0.05, 0.1) is 25.6 Å². The van der Waals surface area contributed by atoms with E-state index in [0.29, 0.717) is 32.5 Å². The van der Waals surface area contributed by atoms with Crippen molar-refractivity contribution in [1.29, 1.82) is 0 Å². The van der Waals surface area contributed by atoms with Gasteiger partial charge in [0.1, 0.15) is 5.75 Å². The van der Waals surface area contributed by atoms with Crippen LogP contribution in [0.2, 0.25) is 0 Å².